The maximum Gasteiger partial charge on any atom is 0.312 e. The zero-order valence-corrected chi connectivity index (χ0v) is 9.33. The van der Waals surface area contributed by atoms with Crippen LogP contribution in [0.3, 0.4) is 0 Å². The molecule has 0 saturated carbocycles. The monoisotopic (exact) mass is 231 g/mol. The molecule has 0 aliphatic carbocycles. The lowest BCUT2D eigenvalue weighted by Crippen LogP contribution is -2.10. The van der Waals surface area contributed by atoms with Gasteiger partial charge in [0.15, 0.2) is 6.39 Å². The molecule has 0 N–H and O–H groups in total. The molecule has 0 spiro atoms. The molecule has 4 nitrogen and oxygen atoms in total. The predicted molar refractivity (Wildman–Crippen MR) is 61.3 cm³/mol. The number of hydrogen-bond acceptors (Lipinski definition) is 4. The van der Waals surface area contributed by atoms with Crippen molar-refractivity contribution in [3.05, 3.63) is 54.2 Å². The second-order valence-electron chi connectivity index (χ2n) is 3.61. The molecule has 1 heterocycles. The van der Waals surface area contributed by atoms with Gasteiger partial charge in [0.05, 0.1) is 18.7 Å². The van der Waals surface area contributed by atoms with Crippen LogP contribution in [0, 0.1) is 0 Å². The maximum absolute atomic E-state index is 11.4. The Morgan fingerprint density at radius 2 is 2.12 bits per heavy atom. The fourth-order valence-electron chi connectivity index (χ4n) is 1.45. The van der Waals surface area contributed by atoms with Crippen LogP contribution in [-0.4, -0.2) is 17.6 Å². The summed E-state index contributed by atoms with van der Waals surface area (Å²) in [5, 5.41) is 0. The van der Waals surface area contributed by atoms with Gasteiger partial charge < -0.3 is 9.15 Å². The van der Waals surface area contributed by atoms with E-state index in [2.05, 4.69) is 4.98 Å². The van der Waals surface area contributed by atoms with E-state index in [0.29, 0.717) is 12.3 Å². The summed E-state index contributed by atoms with van der Waals surface area (Å²) >= 11 is 0. The first kappa shape index (κ1) is 11.4. The summed E-state index contributed by atoms with van der Waals surface area (Å²) in [6.07, 6.45) is 3.63. The van der Waals surface area contributed by atoms with Crippen molar-refractivity contribution in [2.75, 3.05) is 6.61 Å². The van der Waals surface area contributed by atoms with Gasteiger partial charge >= 0.3 is 5.97 Å². The molecule has 88 valence electrons. The normalized spacial score (nSPS) is 10.1. The lowest BCUT2D eigenvalue weighted by Gasteiger charge is -2.03. The maximum atomic E-state index is 11.4. The quantitative estimate of drug-likeness (QED) is 0.738. The smallest absolute Gasteiger partial charge is 0.312 e. The van der Waals surface area contributed by atoms with Crippen molar-refractivity contribution in [3.63, 3.8) is 0 Å². The molecule has 2 aromatic rings. The van der Waals surface area contributed by atoms with Crippen molar-refractivity contribution >= 4 is 5.97 Å². The molecule has 0 bridgehead atoms. The molecular formula is C13H13NO3. The van der Waals surface area contributed by atoms with Gasteiger partial charge in [-0.25, -0.2) is 4.98 Å². The average Bonchev–Trinajstić information content (AvgIpc) is 2.83. The Morgan fingerprint density at radius 3 is 2.82 bits per heavy atom. The number of oxazole rings is 1. The Bertz CT molecular complexity index is 451. The number of rotatable bonds is 5. The van der Waals surface area contributed by atoms with Crippen LogP contribution in [0.4, 0.5) is 0 Å². The van der Waals surface area contributed by atoms with Gasteiger partial charge in [-0.15, -0.1) is 0 Å². The van der Waals surface area contributed by atoms with Gasteiger partial charge in [-0.3, -0.25) is 4.79 Å². The molecule has 0 fully saturated rings. The van der Waals surface area contributed by atoms with Crippen LogP contribution in [0.25, 0.3) is 0 Å². The molecule has 0 unspecified atom stereocenters. The minimum Gasteiger partial charge on any atom is -0.465 e. The SMILES string of the molecule is O=C(Cc1cocn1)OCCc1ccccc1. The number of carbonyl (C=O) groups excluding carboxylic acids is 1. The summed E-state index contributed by atoms with van der Waals surface area (Å²) in [6, 6.07) is 9.90. The first-order valence-corrected chi connectivity index (χ1v) is 5.41. The van der Waals surface area contributed by atoms with Gasteiger partial charge in [0, 0.05) is 6.42 Å². The highest BCUT2D eigenvalue weighted by atomic mass is 16.5. The molecule has 0 aliphatic heterocycles. The first-order chi connectivity index (χ1) is 8.34. The zero-order valence-electron chi connectivity index (χ0n) is 9.33. The standard InChI is InChI=1S/C13H13NO3/c15-13(8-12-9-16-10-14-12)17-7-6-11-4-2-1-3-5-11/h1-5,9-10H,6-8H2. The number of carbonyl (C=O) groups is 1. The zero-order chi connectivity index (χ0) is 11.9. The third-order valence-electron chi connectivity index (χ3n) is 2.31. The van der Waals surface area contributed by atoms with Crippen molar-refractivity contribution in [1.82, 2.24) is 4.98 Å². The Hall–Kier alpha value is -2.10. The van der Waals surface area contributed by atoms with Gasteiger partial charge in [-0.05, 0) is 5.56 Å². The largest absolute Gasteiger partial charge is 0.465 e. The van der Waals surface area contributed by atoms with E-state index in [1.807, 2.05) is 30.3 Å². The molecule has 0 aliphatic rings. The molecule has 0 amide bonds. The van der Waals surface area contributed by atoms with Crippen molar-refractivity contribution in [1.29, 1.82) is 0 Å². The van der Waals surface area contributed by atoms with E-state index in [1.165, 1.54) is 12.7 Å². The van der Waals surface area contributed by atoms with E-state index in [-0.39, 0.29) is 12.4 Å². The van der Waals surface area contributed by atoms with Crippen LogP contribution in [0.5, 0.6) is 0 Å². The predicted octanol–water partition coefficient (Wildman–Crippen LogP) is 2.00. The van der Waals surface area contributed by atoms with Crippen LogP contribution in [0.15, 0.2) is 47.4 Å². The van der Waals surface area contributed by atoms with Gasteiger partial charge in [0.1, 0.15) is 6.26 Å². The molecule has 2 rings (SSSR count). The van der Waals surface area contributed by atoms with Crippen molar-refractivity contribution in [3.8, 4) is 0 Å². The number of nitrogens with zero attached hydrogens (tertiary/aromatic N) is 1. The lowest BCUT2D eigenvalue weighted by molar-refractivity contribution is -0.142. The van der Waals surface area contributed by atoms with E-state index in [4.69, 9.17) is 9.15 Å². The van der Waals surface area contributed by atoms with E-state index in [1.54, 1.807) is 0 Å². The van der Waals surface area contributed by atoms with Crippen molar-refractivity contribution in [2.24, 2.45) is 0 Å². The van der Waals surface area contributed by atoms with Gasteiger partial charge in [0.2, 0.25) is 0 Å². The minimum atomic E-state index is -0.283. The molecule has 1 aromatic carbocycles. The van der Waals surface area contributed by atoms with Gasteiger partial charge in [-0.1, -0.05) is 30.3 Å². The third-order valence-corrected chi connectivity index (χ3v) is 2.31. The third kappa shape index (κ3) is 3.75. The minimum absolute atomic E-state index is 0.158. The molecule has 0 atom stereocenters. The molecular weight excluding hydrogens is 218 g/mol. The fourth-order valence-corrected chi connectivity index (χ4v) is 1.45. The Balaban J connectivity index is 1.70. The number of benzene rings is 1. The first-order valence-electron chi connectivity index (χ1n) is 5.41. The van der Waals surface area contributed by atoms with E-state index >= 15 is 0 Å². The highest BCUT2D eigenvalue weighted by Gasteiger charge is 2.06. The molecule has 17 heavy (non-hydrogen) atoms. The van der Waals surface area contributed by atoms with Crippen LogP contribution < -0.4 is 0 Å². The Morgan fingerprint density at radius 1 is 1.29 bits per heavy atom. The van der Waals surface area contributed by atoms with Gasteiger partial charge in [-0.2, -0.15) is 0 Å². The summed E-state index contributed by atoms with van der Waals surface area (Å²) < 4.78 is 9.87. The Labute approximate surface area is 99.2 Å². The average molecular weight is 231 g/mol. The van der Waals surface area contributed by atoms with Gasteiger partial charge in [0.25, 0.3) is 0 Å². The van der Waals surface area contributed by atoms with E-state index in [0.717, 1.165) is 12.0 Å². The lowest BCUT2D eigenvalue weighted by atomic mass is 10.2. The second-order valence-corrected chi connectivity index (χ2v) is 3.61. The summed E-state index contributed by atoms with van der Waals surface area (Å²) in [5.74, 6) is -0.283. The highest BCUT2D eigenvalue weighted by Crippen LogP contribution is 2.01. The number of hydrogen-bond donors (Lipinski definition) is 0. The summed E-state index contributed by atoms with van der Waals surface area (Å²) in [7, 11) is 0. The number of aromatic nitrogens is 1. The van der Waals surface area contributed by atoms with Crippen molar-refractivity contribution < 1.29 is 13.9 Å². The second kappa shape index (κ2) is 5.84. The van der Waals surface area contributed by atoms with Crippen LogP contribution in [0.1, 0.15) is 11.3 Å². The van der Waals surface area contributed by atoms with Crippen molar-refractivity contribution in [2.45, 2.75) is 12.8 Å². The molecule has 4 heteroatoms. The fraction of sp³-hybridized carbons (Fsp3) is 0.231. The summed E-state index contributed by atoms with van der Waals surface area (Å²) in [5.41, 5.74) is 1.75. The van der Waals surface area contributed by atoms with Crippen LogP contribution in [-0.2, 0) is 22.4 Å². The van der Waals surface area contributed by atoms with Crippen LogP contribution in [0.2, 0.25) is 0 Å². The highest BCUT2D eigenvalue weighted by molar-refractivity contribution is 5.71. The van der Waals surface area contributed by atoms with E-state index < -0.39 is 0 Å². The number of esters is 1. The molecule has 0 radical (unpaired) electrons. The summed E-state index contributed by atoms with van der Waals surface area (Å²) in [4.78, 5) is 15.3. The molecule has 0 saturated heterocycles. The van der Waals surface area contributed by atoms with Crippen LogP contribution >= 0.6 is 0 Å². The summed E-state index contributed by atoms with van der Waals surface area (Å²) in [6.45, 7) is 0.390. The topological polar surface area (TPSA) is 52.3 Å². The Kier molecular flexibility index (Phi) is 3.91. The number of ether oxygens (including phenoxy) is 1. The molecule has 1 aromatic heterocycles. The van der Waals surface area contributed by atoms with E-state index in [9.17, 15) is 4.79 Å².